The molecule has 9 heteroatoms. The number of aryl methyl sites for hydroxylation is 1. The molecule has 0 radical (unpaired) electrons. The van der Waals surface area contributed by atoms with Gasteiger partial charge in [0.25, 0.3) is 0 Å². The van der Waals surface area contributed by atoms with E-state index in [9.17, 15) is 18.0 Å². The minimum absolute atomic E-state index is 0. The van der Waals surface area contributed by atoms with Crippen LogP contribution in [0.5, 0.6) is 0 Å². The zero-order valence-electron chi connectivity index (χ0n) is 17.8. The third-order valence-electron chi connectivity index (χ3n) is 6.10. The lowest BCUT2D eigenvalue weighted by Gasteiger charge is -2.09. The zero-order valence-corrected chi connectivity index (χ0v) is 18.6. The summed E-state index contributed by atoms with van der Waals surface area (Å²) in [7, 11) is 2.05. The van der Waals surface area contributed by atoms with Crippen LogP contribution in [-0.2, 0) is 26.1 Å². The van der Waals surface area contributed by atoms with Gasteiger partial charge in [-0.15, -0.1) is 12.4 Å². The number of hydrogen-bond donors (Lipinski definition) is 1. The van der Waals surface area contributed by atoms with Gasteiger partial charge in [-0.3, -0.25) is 4.57 Å². The standard InChI is InChI=1S/C24H21F3N4O.ClH/c1-30-21-9-12-28-11-8-19(21)18-7-6-17(14-22(18)30)31-13-10-20(29-23(31)32)15-2-4-16(5-3-15)24(25,26)27;/h2-7,10,13-14,28H,8-9,11-12H2,1H3;1H. The van der Waals surface area contributed by atoms with Crippen molar-refractivity contribution in [3.63, 3.8) is 0 Å². The van der Waals surface area contributed by atoms with E-state index in [1.54, 1.807) is 12.3 Å². The van der Waals surface area contributed by atoms with Crippen molar-refractivity contribution >= 4 is 23.3 Å². The third-order valence-corrected chi connectivity index (χ3v) is 6.10. The second-order valence-corrected chi connectivity index (χ2v) is 7.98. The molecule has 0 bridgehead atoms. The number of hydrogen-bond acceptors (Lipinski definition) is 3. The summed E-state index contributed by atoms with van der Waals surface area (Å²) in [6.45, 7) is 1.89. The van der Waals surface area contributed by atoms with Crippen molar-refractivity contribution in [3.05, 3.63) is 82.0 Å². The molecule has 172 valence electrons. The first-order valence-corrected chi connectivity index (χ1v) is 10.4. The topological polar surface area (TPSA) is 51.9 Å². The Hall–Kier alpha value is -3.10. The molecule has 0 aliphatic carbocycles. The van der Waals surface area contributed by atoms with E-state index in [0.29, 0.717) is 16.9 Å². The second-order valence-electron chi connectivity index (χ2n) is 7.98. The average Bonchev–Trinajstić information content (AvgIpc) is 2.93. The van der Waals surface area contributed by atoms with Crippen LogP contribution in [0.1, 0.15) is 16.8 Å². The SMILES string of the molecule is Cl.Cn1c2c(c3ccc(-n4ccc(-c5ccc(C(F)(F)F)cc5)nc4=O)cc31)CCNCC2. The first-order chi connectivity index (χ1) is 15.3. The fraction of sp³-hybridized carbons (Fsp3) is 0.250. The van der Waals surface area contributed by atoms with E-state index in [4.69, 9.17) is 0 Å². The van der Waals surface area contributed by atoms with Gasteiger partial charge in [0.2, 0.25) is 0 Å². The van der Waals surface area contributed by atoms with E-state index in [1.165, 1.54) is 33.3 Å². The molecule has 0 fully saturated rings. The zero-order chi connectivity index (χ0) is 22.5. The molecule has 0 unspecified atom stereocenters. The Morgan fingerprint density at radius 1 is 1.00 bits per heavy atom. The molecule has 1 aliphatic heterocycles. The lowest BCUT2D eigenvalue weighted by atomic mass is 10.1. The van der Waals surface area contributed by atoms with Gasteiger partial charge in [0.15, 0.2) is 0 Å². The smallest absolute Gasteiger partial charge is 0.347 e. The molecule has 0 atom stereocenters. The van der Waals surface area contributed by atoms with Crippen molar-refractivity contribution in [1.82, 2.24) is 19.4 Å². The van der Waals surface area contributed by atoms with Gasteiger partial charge < -0.3 is 9.88 Å². The van der Waals surface area contributed by atoms with E-state index in [-0.39, 0.29) is 12.4 Å². The molecule has 2 aromatic heterocycles. The van der Waals surface area contributed by atoms with Gasteiger partial charge in [-0.2, -0.15) is 18.2 Å². The van der Waals surface area contributed by atoms with Crippen LogP contribution in [0.3, 0.4) is 0 Å². The molecule has 4 aromatic rings. The first-order valence-electron chi connectivity index (χ1n) is 10.4. The summed E-state index contributed by atoms with van der Waals surface area (Å²) in [6.07, 6.45) is -0.865. The highest BCUT2D eigenvalue weighted by molar-refractivity contribution is 5.87. The van der Waals surface area contributed by atoms with Crippen LogP contribution in [0.2, 0.25) is 0 Å². The van der Waals surface area contributed by atoms with Crippen LogP contribution in [0.15, 0.2) is 59.5 Å². The van der Waals surface area contributed by atoms with E-state index in [1.807, 2.05) is 25.2 Å². The van der Waals surface area contributed by atoms with Gasteiger partial charge >= 0.3 is 11.9 Å². The summed E-state index contributed by atoms with van der Waals surface area (Å²) >= 11 is 0. The predicted octanol–water partition coefficient (Wildman–Crippen LogP) is 4.52. The summed E-state index contributed by atoms with van der Waals surface area (Å²) in [5.41, 5.74) is 3.99. The molecule has 5 rings (SSSR count). The Bertz CT molecular complexity index is 1370. The Morgan fingerprint density at radius 3 is 2.42 bits per heavy atom. The highest BCUT2D eigenvalue weighted by Crippen LogP contribution is 2.31. The molecule has 1 N–H and O–H groups in total. The van der Waals surface area contributed by atoms with E-state index < -0.39 is 17.4 Å². The molecule has 0 spiro atoms. The van der Waals surface area contributed by atoms with Crippen molar-refractivity contribution in [2.24, 2.45) is 7.05 Å². The molecule has 0 saturated heterocycles. The van der Waals surface area contributed by atoms with Crippen molar-refractivity contribution in [2.45, 2.75) is 19.0 Å². The Balaban J connectivity index is 0.00000259. The number of halogens is 4. The fourth-order valence-electron chi connectivity index (χ4n) is 4.44. The summed E-state index contributed by atoms with van der Waals surface area (Å²) in [4.78, 5) is 16.9. The maximum Gasteiger partial charge on any atom is 0.416 e. The van der Waals surface area contributed by atoms with Gasteiger partial charge in [0, 0.05) is 42.9 Å². The Labute approximate surface area is 194 Å². The van der Waals surface area contributed by atoms with Crippen molar-refractivity contribution < 1.29 is 13.2 Å². The fourth-order valence-corrected chi connectivity index (χ4v) is 4.44. The van der Waals surface area contributed by atoms with Crippen LogP contribution in [-0.4, -0.2) is 27.2 Å². The average molecular weight is 475 g/mol. The second kappa shape index (κ2) is 8.68. The van der Waals surface area contributed by atoms with Crippen LogP contribution in [0, 0.1) is 0 Å². The monoisotopic (exact) mass is 474 g/mol. The molecule has 0 amide bonds. The van der Waals surface area contributed by atoms with E-state index >= 15 is 0 Å². The normalized spacial score (nSPS) is 13.9. The number of alkyl halides is 3. The number of rotatable bonds is 2. The van der Waals surface area contributed by atoms with Gasteiger partial charge in [-0.1, -0.05) is 18.2 Å². The Kier molecular flexibility index (Phi) is 6.07. The van der Waals surface area contributed by atoms with Gasteiger partial charge in [0.05, 0.1) is 22.5 Å². The van der Waals surface area contributed by atoms with Crippen molar-refractivity contribution in [1.29, 1.82) is 0 Å². The largest absolute Gasteiger partial charge is 0.416 e. The summed E-state index contributed by atoms with van der Waals surface area (Å²) in [5.74, 6) is 0. The molecule has 33 heavy (non-hydrogen) atoms. The molecular formula is C24H22ClF3N4O. The summed E-state index contributed by atoms with van der Waals surface area (Å²) in [6, 6.07) is 12.2. The Morgan fingerprint density at radius 2 is 1.73 bits per heavy atom. The van der Waals surface area contributed by atoms with Crippen LogP contribution in [0.4, 0.5) is 13.2 Å². The van der Waals surface area contributed by atoms with Crippen molar-refractivity contribution in [3.8, 4) is 16.9 Å². The molecular weight excluding hydrogens is 453 g/mol. The van der Waals surface area contributed by atoms with Gasteiger partial charge in [0.1, 0.15) is 0 Å². The number of fused-ring (bicyclic) bond motifs is 3. The first kappa shape index (κ1) is 23.1. The number of nitrogens with zero attached hydrogens (tertiary/aromatic N) is 3. The quantitative estimate of drug-likeness (QED) is 0.465. The van der Waals surface area contributed by atoms with E-state index in [2.05, 4.69) is 14.9 Å². The molecule has 1 aliphatic rings. The highest BCUT2D eigenvalue weighted by atomic mass is 35.5. The third kappa shape index (κ3) is 4.16. The van der Waals surface area contributed by atoms with Crippen LogP contribution < -0.4 is 11.0 Å². The molecule has 5 nitrogen and oxygen atoms in total. The lowest BCUT2D eigenvalue weighted by molar-refractivity contribution is -0.137. The van der Waals surface area contributed by atoms with Crippen molar-refractivity contribution in [2.75, 3.05) is 13.1 Å². The number of nitrogens with one attached hydrogen (secondary N) is 1. The minimum atomic E-state index is -4.40. The predicted molar refractivity (Wildman–Crippen MR) is 124 cm³/mol. The van der Waals surface area contributed by atoms with Gasteiger partial charge in [-0.25, -0.2) is 4.79 Å². The molecule has 2 aromatic carbocycles. The van der Waals surface area contributed by atoms with Crippen LogP contribution >= 0.6 is 12.4 Å². The lowest BCUT2D eigenvalue weighted by Crippen LogP contribution is -2.21. The molecule has 3 heterocycles. The number of benzene rings is 2. The van der Waals surface area contributed by atoms with Crippen LogP contribution in [0.25, 0.3) is 27.8 Å². The highest BCUT2D eigenvalue weighted by Gasteiger charge is 2.30. The summed E-state index contributed by atoms with van der Waals surface area (Å²) in [5, 5.41) is 4.62. The summed E-state index contributed by atoms with van der Waals surface area (Å²) < 4.78 is 42.0. The van der Waals surface area contributed by atoms with Gasteiger partial charge in [-0.05, 0) is 48.9 Å². The number of aromatic nitrogens is 3. The maximum absolute atomic E-state index is 12.8. The molecule has 0 saturated carbocycles. The maximum atomic E-state index is 12.8. The van der Waals surface area contributed by atoms with E-state index in [0.717, 1.165) is 43.6 Å². The minimum Gasteiger partial charge on any atom is -0.347 e.